The molecule has 9 nitrogen and oxygen atoms in total. The molecule has 0 unspecified atom stereocenters. The van der Waals surface area contributed by atoms with Crippen LogP contribution < -0.4 is 4.74 Å². The molecule has 2 aromatic carbocycles. The van der Waals surface area contributed by atoms with E-state index < -0.39 is 26.6 Å². The van der Waals surface area contributed by atoms with E-state index in [9.17, 15) is 22.0 Å². The lowest BCUT2D eigenvalue weighted by Gasteiger charge is -2.34. The van der Waals surface area contributed by atoms with Crippen LogP contribution in [0.5, 0.6) is 5.75 Å². The van der Waals surface area contributed by atoms with E-state index in [1.54, 1.807) is 31.4 Å². The first kappa shape index (κ1) is 23.8. The average Bonchev–Trinajstić information content (AvgIpc) is 3.31. The number of aromatic nitrogens is 2. The first-order valence-corrected chi connectivity index (χ1v) is 11.9. The molecule has 0 N–H and O–H groups in total. The minimum absolute atomic E-state index is 0.00701. The highest BCUT2D eigenvalue weighted by molar-refractivity contribution is 7.89. The van der Waals surface area contributed by atoms with Crippen LogP contribution in [0, 0.1) is 11.6 Å². The molecule has 1 aliphatic rings. The van der Waals surface area contributed by atoms with Crippen molar-refractivity contribution in [1.82, 2.24) is 19.3 Å². The van der Waals surface area contributed by atoms with Crippen molar-refractivity contribution < 1.29 is 31.3 Å². The summed E-state index contributed by atoms with van der Waals surface area (Å²) in [7, 11) is -2.56. The molecule has 0 radical (unpaired) electrons. The molecule has 0 saturated carbocycles. The van der Waals surface area contributed by atoms with Crippen molar-refractivity contribution in [3.63, 3.8) is 0 Å². The number of hydrogen-bond donors (Lipinski definition) is 0. The fourth-order valence-electron chi connectivity index (χ4n) is 3.59. The number of nitrogens with zero attached hydrogens (tertiary/aromatic N) is 4. The van der Waals surface area contributed by atoms with Crippen LogP contribution in [0.3, 0.4) is 0 Å². The number of methoxy groups -OCH3 is 1. The average molecular weight is 493 g/mol. The number of aryl methyl sites for hydroxylation is 1. The lowest BCUT2D eigenvalue weighted by Crippen LogP contribution is -2.50. The van der Waals surface area contributed by atoms with Gasteiger partial charge in [-0.05, 0) is 36.4 Å². The van der Waals surface area contributed by atoms with Crippen LogP contribution >= 0.6 is 0 Å². The van der Waals surface area contributed by atoms with Crippen LogP contribution in [-0.2, 0) is 21.2 Å². The van der Waals surface area contributed by atoms with Crippen molar-refractivity contribution >= 4 is 15.9 Å². The van der Waals surface area contributed by atoms with E-state index in [-0.39, 0.29) is 44.9 Å². The molecule has 180 valence electrons. The number of hydrogen-bond acceptors (Lipinski definition) is 7. The smallest absolute Gasteiger partial charge is 0.246 e. The van der Waals surface area contributed by atoms with Crippen LogP contribution in [0.1, 0.15) is 12.3 Å². The molecule has 0 atom stereocenters. The van der Waals surface area contributed by atoms with Gasteiger partial charge in [0.25, 0.3) is 0 Å². The van der Waals surface area contributed by atoms with Crippen molar-refractivity contribution in [2.75, 3.05) is 33.3 Å². The molecule has 4 rings (SSSR count). The monoisotopic (exact) mass is 492 g/mol. The number of benzene rings is 2. The second-order valence-electron chi connectivity index (χ2n) is 7.60. The van der Waals surface area contributed by atoms with E-state index in [4.69, 9.17) is 9.26 Å². The Bertz CT molecular complexity index is 1270. The van der Waals surface area contributed by atoms with Crippen LogP contribution in [0.2, 0.25) is 0 Å². The zero-order chi connectivity index (χ0) is 24.3. The topological polar surface area (TPSA) is 106 Å². The zero-order valence-electron chi connectivity index (χ0n) is 18.3. The number of carbonyl (C=O) groups excluding carboxylic acids is 1. The number of halogens is 2. The maximum atomic E-state index is 14.0. The van der Waals surface area contributed by atoms with E-state index in [0.29, 0.717) is 23.5 Å². The third-order valence-electron chi connectivity index (χ3n) is 5.47. The number of ether oxygens (including phenoxy) is 1. The van der Waals surface area contributed by atoms with Gasteiger partial charge in [0.05, 0.1) is 7.11 Å². The second-order valence-corrected chi connectivity index (χ2v) is 9.51. The third kappa shape index (κ3) is 5.07. The Balaban J connectivity index is 1.30. The maximum absolute atomic E-state index is 14.0. The number of amides is 1. The molecule has 1 amide bonds. The van der Waals surface area contributed by atoms with Crippen LogP contribution in [0.25, 0.3) is 11.4 Å². The quantitative estimate of drug-likeness (QED) is 0.499. The summed E-state index contributed by atoms with van der Waals surface area (Å²) >= 11 is 0. The Labute approximate surface area is 195 Å². The van der Waals surface area contributed by atoms with Crippen molar-refractivity contribution in [3.05, 3.63) is 60.0 Å². The molecule has 2 heterocycles. The highest BCUT2D eigenvalue weighted by atomic mass is 32.2. The number of carbonyl (C=O) groups is 1. The lowest BCUT2D eigenvalue weighted by atomic mass is 10.2. The third-order valence-corrected chi connectivity index (χ3v) is 7.40. The summed E-state index contributed by atoms with van der Waals surface area (Å²) in [5.74, 6) is -0.775. The highest BCUT2D eigenvalue weighted by Gasteiger charge is 2.32. The minimum atomic E-state index is -4.13. The Morgan fingerprint density at radius 3 is 2.44 bits per heavy atom. The molecule has 0 spiro atoms. The van der Waals surface area contributed by atoms with E-state index >= 15 is 0 Å². The Kier molecular flexibility index (Phi) is 6.89. The fourth-order valence-corrected chi connectivity index (χ4v) is 5.05. The Morgan fingerprint density at radius 1 is 1.09 bits per heavy atom. The normalized spacial score (nSPS) is 14.9. The molecular formula is C22H22F2N4O5S. The number of piperazine rings is 1. The number of sulfonamides is 1. The summed E-state index contributed by atoms with van der Waals surface area (Å²) in [6, 6.07) is 9.48. The van der Waals surface area contributed by atoms with Gasteiger partial charge in [0.15, 0.2) is 0 Å². The zero-order valence-corrected chi connectivity index (χ0v) is 19.1. The van der Waals surface area contributed by atoms with Crippen LogP contribution in [0.4, 0.5) is 8.78 Å². The van der Waals surface area contributed by atoms with Gasteiger partial charge < -0.3 is 14.2 Å². The first-order valence-electron chi connectivity index (χ1n) is 10.5. The maximum Gasteiger partial charge on any atom is 0.246 e. The summed E-state index contributed by atoms with van der Waals surface area (Å²) in [5, 5.41) is 3.93. The minimum Gasteiger partial charge on any atom is -0.497 e. The fraction of sp³-hybridized carbons (Fsp3) is 0.318. The van der Waals surface area contributed by atoms with Crippen molar-refractivity contribution in [2.45, 2.75) is 17.7 Å². The summed E-state index contributed by atoms with van der Waals surface area (Å²) in [6.07, 6.45) is 0.352. The second kappa shape index (κ2) is 9.85. The van der Waals surface area contributed by atoms with Gasteiger partial charge >= 0.3 is 0 Å². The van der Waals surface area contributed by atoms with Crippen molar-refractivity contribution in [1.29, 1.82) is 0 Å². The predicted molar refractivity (Wildman–Crippen MR) is 116 cm³/mol. The highest BCUT2D eigenvalue weighted by Crippen LogP contribution is 2.22. The van der Waals surface area contributed by atoms with E-state index in [1.165, 1.54) is 4.90 Å². The summed E-state index contributed by atoms with van der Waals surface area (Å²) in [6.45, 7) is 0.323. The largest absolute Gasteiger partial charge is 0.497 e. The van der Waals surface area contributed by atoms with Gasteiger partial charge in [-0.3, -0.25) is 4.79 Å². The van der Waals surface area contributed by atoms with Gasteiger partial charge in [-0.15, -0.1) is 0 Å². The van der Waals surface area contributed by atoms with Gasteiger partial charge in [-0.2, -0.15) is 9.29 Å². The molecule has 1 aromatic heterocycles. The van der Waals surface area contributed by atoms with Gasteiger partial charge in [0.1, 0.15) is 22.3 Å². The van der Waals surface area contributed by atoms with Crippen molar-refractivity contribution in [3.8, 4) is 17.1 Å². The molecule has 3 aromatic rings. The molecule has 1 fully saturated rings. The Morgan fingerprint density at radius 2 is 1.79 bits per heavy atom. The molecular weight excluding hydrogens is 470 g/mol. The molecule has 0 bridgehead atoms. The van der Waals surface area contributed by atoms with Gasteiger partial charge in [0.2, 0.25) is 27.6 Å². The summed E-state index contributed by atoms with van der Waals surface area (Å²) in [4.78, 5) is 17.8. The number of rotatable bonds is 7. The lowest BCUT2D eigenvalue weighted by molar-refractivity contribution is -0.132. The molecule has 1 saturated heterocycles. The predicted octanol–water partition coefficient (Wildman–Crippen LogP) is 2.49. The molecule has 0 aliphatic carbocycles. The van der Waals surface area contributed by atoms with Crippen LogP contribution in [-0.4, -0.2) is 67.0 Å². The van der Waals surface area contributed by atoms with E-state index in [1.807, 2.05) is 0 Å². The van der Waals surface area contributed by atoms with Crippen LogP contribution in [0.15, 0.2) is 51.9 Å². The van der Waals surface area contributed by atoms with Gasteiger partial charge in [-0.1, -0.05) is 5.16 Å². The standard InChI is InChI=1S/C22H22F2N4O5S/c1-32-17-5-2-15(3-6-17)22-25-20(33-26-22)8-9-21(29)27-10-12-28(13-11-27)34(30,31)19-7-4-16(23)14-18(19)24/h2-7,14H,8-13H2,1H3. The summed E-state index contributed by atoms with van der Waals surface area (Å²) < 4.78 is 63.9. The van der Waals surface area contributed by atoms with E-state index in [0.717, 1.165) is 22.0 Å². The van der Waals surface area contributed by atoms with Gasteiger partial charge in [0, 0.05) is 50.7 Å². The van der Waals surface area contributed by atoms with Crippen molar-refractivity contribution in [2.24, 2.45) is 0 Å². The Hall–Kier alpha value is -3.38. The molecule has 1 aliphatic heterocycles. The summed E-state index contributed by atoms with van der Waals surface area (Å²) in [5.41, 5.74) is 0.747. The van der Waals surface area contributed by atoms with Gasteiger partial charge in [-0.25, -0.2) is 17.2 Å². The van der Waals surface area contributed by atoms with E-state index in [2.05, 4.69) is 10.1 Å². The first-order chi connectivity index (χ1) is 16.3. The molecule has 34 heavy (non-hydrogen) atoms. The molecule has 12 heteroatoms. The SMILES string of the molecule is COc1ccc(-c2noc(CCC(=O)N3CCN(S(=O)(=O)c4ccc(F)cc4F)CC3)n2)cc1.